The molecule has 0 radical (unpaired) electrons. The van der Waals surface area contributed by atoms with E-state index in [0.717, 1.165) is 5.69 Å². The van der Waals surface area contributed by atoms with Crippen molar-refractivity contribution in [2.75, 3.05) is 5.73 Å². The smallest absolute Gasteiger partial charge is 0.0314 e. The fourth-order valence-electron chi connectivity index (χ4n) is 3.66. The van der Waals surface area contributed by atoms with E-state index in [9.17, 15) is 0 Å². The Labute approximate surface area is 134 Å². The Morgan fingerprint density at radius 1 is 0.565 bits per heavy atom. The minimum atomic E-state index is 0.797. The third-order valence-corrected chi connectivity index (χ3v) is 4.73. The summed E-state index contributed by atoms with van der Waals surface area (Å²) in [5.41, 5.74) is 9.12. The van der Waals surface area contributed by atoms with Crippen LogP contribution in [0.4, 0.5) is 5.69 Å². The van der Waals surface area contributed by atoms with Crippen LogP contribution in [-0.2, 0) is 0 Å². The first-order valence-electron chi connectivity index (χ1n) is 7.84. The largest absolute Gasteiger partial charge is 0.399 e. The molecule has 0 heterocycles. The highest BCUT2D eigenvalue weighted by Gasteiger charge is 2.12. The van der Waals surface area contributed by atoms with Gasteiger partial charge in [-0.25, -0.2) is 0 Å². The zero-order valence-electron chi connectivity index (χ0n) is 12.6. The van der Waals surface area contributed by atoms with E-state index in [2.05, 4.69) is 66.7 Å². The number of nitrogen functional groups attached to an aromatic ring is 1. The van der Waals surface area contributed by atoms with Crippen LogP contribution in [0.3, 0.4) is 0 Å². The van der Waals surface area contributed by atoms with Crippen LogP contribution in [0.1, 0.15) is 0 Å². The molecule has 5 aromatic rings. The lowest BCUT2D eigenvalue weighted by molar-refractivity contribution is 1.65. The molecule has 5 rings (SSSR count). The average Bonchev–Trinajstić information content (AvgIpc) is 2.60. The maximum atomic E-state index is 5.85. The summed E-state index contributed by atoms with van der Waals surface area (Å²) >= 11 is 0. The monoisotopic (exact) mass is 293 g/mol. The van der Waals surface area contributed by atoms with Crippen LogP contribution in [-0.4, -0.2) is 0 Å². The molecule has 0 spiro atoms. The van der Waals surface area contributed by atoms with Gasteiger partial charge in [0.15, 0.2) is 0 Å². The predicted octanol–water partition coefficient (Wildman–Crippen LogP) is 5.83. The molecule has 0 saturated heterocycles. The van der Waals surface area contributed by atoms with Crippen LogP contribution in [0, 0.1) is 0 Å². The molecule has 1 heteroatoms. The Morgan fingerprint density at radius 3 is 2.00 bits per heavy atom. The number of hydrogen-bond donors (Lipinski definition) is 1. The SMILES string of the molecule is Nc1ccc(-c2cc3cccc4ccc5cccc2c5c43)cc1. The molecule has 5 aromatic carbocycles. The van der Waals surface area contributed by atoms with Gasteiger partial charge in [-0.3, -0.25) is 0 Å². The third kappa shape index (κ3) is 1.74. The van der Waals surface area contributed by atoms with Crippen molar-refractivity contribution in [3.05, 3.63) is 78.9 Å². The second kappa shape index (κ2) is 4.47. The lowest BCUT2D eigenvalue weighted by Crippen LogP contribution is -1.88. The van der Waals surface area contributed by atoms with Crippen molar-refractivity contribution >= 4 is 38.0 Å². The van der Waals surface area contributed by atoms with Crippen molar-refractivity contribution < 1.29 is 0 Å². The quantitative estimate of drug-likeness (QED) is 0.305. The number of hydrogen-bond acceptors (Lipinski definition) is 1. The summed E-state index contributed by atoms with van der Waals surface area (Å²) in [4.78, 5) is 0. The number of nitrogens with two attached hydrogens (primary N) is 1. The molecule has 1 nitrogen and oxygen atoms in total. The van der Waals surface area contributed by atoms with E-state index in [1.807, 2.05) is 12.1 Å². The van der Waals surface area contributed by atoms with Crippen molar-refractivity contribution in [2.45, 2.75) is 0 Å². The molecule has 0 aliphatic heterocycles. The van der Waals surface area contributed by atoms with Crippen LogP contribution in [0.25, 0.3) is 43.4 Å². The molecule has 0 fully saturated rings. The summed E-state index contributed by atoms with van der Waals surface area (Å²) in [6, 6.07) is 28.0. The number of anilines is 1. The molecule has 0 bridgehead atoms. The third-order valence-electron chi connectivity index (χ3n) is 4.73. The van der Waals surface area contributed by atoms with Gasteiger partial charge >= 0.3 is 0 Å². The zero-order chi connectivity index (χ0) is 15.4. The maximum absolute atomic E-state index is 5.85. The van der Waals surface area contributed by atoms with Gasteiger partial charge in [0.2, 0.25) is 0 Å². The molecule has 0 amide bonds. The summed E-state index contributed by atoms with van der Waals surface area (Å²) < 4.78 is 0. The molecule has 0 aromatic heterocycles. The van der Waals surface area contributed by atoms with Crippen LogP contribution < -0.4 is 5.73 Å². The number of rotatable bonds is 1. The van der Waals surface area contributed by atoms with Gasteiger partial charge < -0.3 is 5.73 Å². The Hall–Kier alpha value is -3.06. The van der Waals surface area contributed by atoms with Crippen molar-refractivity contribution in [3.8, 4) is 11.1 Å². The summed E-state index contributed by atoms with van der Waals surface area (Å²) in [5.74, 6) is 0. The van der Waals surface area contributed by atoms with Gasteiger partial charge in [0.05, 0.1) is 0 Å². The highest BCUT2D eigenvalue weighted by Crippen LogP contribution is 2.40. The van der Waals surface area contributed by atoms with E-state index in [-0.39, 0.29) is 0 Å². The first kappa shape index (κ1) is 12.5. The van der Waals surface area contributed by atoms with Crippen molar-refractivity contribution in [2.24, 2.45) is 0 Å². The minimum absolute atomic E-state index is 0.797. The Balaban J connectivity index is 2.01. The lowest BCUT2D eigenvalue weighted by Gasteiger charge is -2.15. The fourth-order valence-corrected chi connectivity index (χ4v) is 3.66. The fraction of sp³-hybridized carbons (Fsp3) is 0. The van der Waals surface area contributed by atoms with Gasteiger partial charge in [0.1, 0.15) is 0 Å². The molecule has 23 heavy (non-hydrogen) atoms. The molecule has 0 atom stereocenters. The second-order valence-electron chi connectivity index (χ2n) is 6.09. The molecule has 108 valence electrons. The average molecular weight is 293 g/mol. The van der Waals surface area contributed by atoms with E-state index < -0.39 is 0 Å². The molecule has 0 unspecified atom stereocenters. The standard InChI is InChI=1S/C22H15N/c23-18-11-9-14(10-12-18)20-13-17-5-1-3-15-7-8-16-4-2-6-19(20)22(16)21(15)17/h1-13H,23H2. The molecule has 2 N–H and O–H groups in total. The zero-order valence-corrected chi connectivity index (χ0v) is 12.6. The van der Waals surface area contributed by atoms with Crippen LogP contribution in [0.15, 0.2) is 78.9 Å². The highest BCUT2D eigenvalue weighted by atomic mass is 14.5. The first-order chi connectivity index (χ1) is 11.3. The van der Waals surface area contributed by atoms with Gasteiger partial charge in [-0.2, -0.15) is 0 Å². The van der Waals surface area contributed by atoms with Crippen LogP contribution in [0.5, 0.6) is 0 Å². The minimum Gasteiger partial charge on any atom is -0.399 e. The van der Waals surface area contributed by atoms with Crippen molar-refractivity contribution in [3.63, 3.8) is 0 Å². The van der Waals surface area contributed by atoms with Gasteiger partial charge in [-0.1, -0.05) is 60.7 Å². The lowest BCUT2D eigenvalue weighted by atomic mass is 9.89. The molecular weight excluding hydrogens is 278 g/mol. The summed E-state index contributed by atoms with van der Waals surface area (Å²) in [5, 5.41) is 7.91. The topological polar surface area (TPSA) is 26.0 Å². The molecular formula is C22H15N. The normalized spacial score (nSPS) is 11.7. The van der Waals surface area contributed by atoms with E-state index >= 15 is 0 Å². The highest BCUT2D eigenvalue weighted by molar-refractivity contribution is 6.26. The second-order valence-corrected chi connectivity index (χ2v) is 6.09. The molecule has 0 saturated carbocycles. The molecule has 0 aliphatic carbocycles. The Bertz CT molecular complexity index is 1150. The van der Waals surface area contributed by atoms with Gasteiger partial charge in [-0.15, -0.1) is 0 Å². The van der Waals surface area contributed by atoms with E-state index in [1.54, 1.807) is 0 Å². The van der Waals surface area contributed by atoms with Crippen LogP contribution in [0.2, 0.25) is 0 Å². The van der Waals surface area contributed by atoms with Crippen LogP contribution >= 0.6 is 0 Å². The first-order valence-corrected chi connectivity index (χ1v) is 7.84. The van der Waals surface area contributed by atoms with Gasteiger partial charge in [-0.05, 0) is 61.6 Å². The number of benzene rings is 5. The summed E-state index contributed by atoms with van der Waals surface area (Å²) in [6.07, 6.45) is 0. The summed E-state index contributed by atoms with van der Waals surface area (Å²) in [6.45, 7) is 0. The predicted molar refractivity (Wildman–Crippen MR) is 100.0 cm³/mol. The van der Waals surface area contributed by atoms with Gasteiger partial charge in [0.25, 0.3) is 0 Å². The van der Waals surface area contributed by atoms with E-state index in [0.29, 0.717) is 0 Å². The van der Waals surface area contributed by atoms with E-state index in [1.165, 1.54) is 43.4 Å². The summed E-state index contributed by atoms with van der Waals surface area (Å²) in [7, 11) is 0. The van der Waals surface area contributed by atoms with E-state index in [4.69, 9.17) is 5.73 Å². The molecule has 0 aliphatic rings. The maximum Gasteiger partial charge on any atom is 0.0314 e. The van der Waals surface area contributed by atoms with Gasteiger partial charge in [0, 0.05) is 5.69 Å². The Morgan fingerprint density at radius 2 is 1.22 bits per heavy atom. The van der Waals surface area contributed by atoms with Crippen molar-refractivity contribution in [1.29, 1.82) is 0 Å². The Kier molecular flexibility index (Phi) is 2.42. The van der Waals surface area contributed by atoms with Crippen molar-refractivity contribution in [1.82, 2.24) is 0 Å².